The molecular formula is C43H29N. The normalized spacial score (nSPS) is 12.0. The van der Waals surface area contributed by atoms with Crippen molar-refractivity contribution in [2.45, 2.75) is 6.42 Å². The molecule has 1 aliphatic carbocycles. The summed E-state index contributed by atoms with van der Waals surface area (Å²) in [6, 6.07) is 59.9. The summed E-state index contributed by atoms with van der Waals surface area (Å²) >= 11 is 0. The van der Waals surface area contributed by atoms with Gasteiger partial charge in [0.2, 0.25) is 0 Å². The van der Waals surface area contributed by atoms with Gasteiger partial charge in [0, 0.05) is 16.5 Å². The van der Waals surface area contributed by atoms with Gasteiger partial charge >= 0.3 is 0 Å². The van der Waals surface area contributed by atoms with Gasteiger partial charge in [-0.15, -0.1) is 0 Å². The van der Waals surface area contributed by atoms with Crippen molar-refractivity contribution in [1.82, 2.24) is 4.57 Å². The van der Waals surface area contributed by atoms with Crippen molar-refractivity contribution < 1.29 is 0 Å². The van der Waals surface area contributed by atoms with Crippen LogP contribution in [0, 0.1) is 0 Å². The van der Waals surface area contributed by atoms with Crippen LogP contribution in [0.3, 0.4) is 0 Å². The summed E-state index contributed by atoms with van der Waals surface area (Å²) in [6.07, 6.45) is 0.985. The molecule has 1 aromatic heterocycles. The second kappa shape index (κ2) is 9.97. The molecule has 1 aliphatic rings. The van der Waals surface area contributed by atoms with Crippen molar-refractivity contribution in [3.05, 3.63) is 175 Å². The number of nitrogens with zero attached hydrogens (tertiary/aromatic N) is 1. The average molecular weight is 560 g/mol. The molecule has 0 amide bonds. The predicted molar refractivity (Wildman–Crippen MR) is 185 cm³/mol. The lowest BCUT2D eigenvalue weighted by Crippen LogP contribution is -1.92. The van der Waals surface area contributed by atoms with E-state index >= 15 is 0 Å². The standard InChI is InChI=1S/C43H29N/c1-3-10-29(11-4-1)30-12-9-13-31(24-30)32-18-20-35-25-36-21-19-33(27-40(36)39(35)26-32)34-22-23-43-41(28-34)38-16-7-8-17-42(38)44(43)37-14-5-2-6-15-37/h1-24,26-28H,25H2. The quantitative estimate of drug-likeness (QED) is 0.202. The fraction of sp³-hybridized carbons (Fsp3) is 0.0233. The largest absolute Gasteiger partial charge is 0.309 e. The molecule has 0 aliphatic heterocycles. The first kappa shape index (κ1) is 24.9. The highest BCUT2D eigenvalue weighted by Crippen LogP contribution is 2.42. The number of hydrogen-bond donors (Lipinski definition) is 0. The van der Waals surface area contributed by atoms with Gasteiger partial charge in [-0.25, -0.2) is 0 Å². The number of rotatable bonds is 4. The van der Waals surface area contributed by atoms with Crippen molar-refractivity contribution in [3.63, 3.8) is 0 Å². The van der Waals surface area contributed by atoms with Crippen molar-refractivity contribution in [2.75, 3.05) is 0 Å². The maximum atomic E-state index is 2.41. The van der Waals surface area contributed by atoms with Crippen molar-refractivity contribution in [2.24, 2.45) is 0 Å². The van der Waals surface area contributed by atoms with E-state index in [0.717, 1.165) is 6.42 Å². The van der Waals surface area contributed by atoms with Crippen LogP contribution in [0.5, 0.6) is 0 Å². The molecule has 206 valence electrons. The molecule has 0 saturated carbocycles. The van der Waals surface area contributed by atoms with Crippen molar-refractivity contribution >= 4 is 21.8 Å². The smallest absolute Gasteiger partial charge is 0.0541 e. The lowest BCUT2D eigenvalue weighted by Gasteiger charge is -2.10. The number of benzene rings is 7. The predicted octanol–water partition coefficient (Wildman–Crippen LogP) is 11.4. The van der Waals surface area contributed by atoms with Gasteiger partial charge < -0.3 is 4.57 Å². The molecule has 0 fully saturated rings. The van der Waals surface area contributed by atoms with Gasteiger partial charge in [-0.3, -0.25) is 0 Å². The average Bonchev–Trinajstić information content (AvgIpc) is 3.63. The summed E-state index contributed by atoms with van der Waals surface area (Å²) in [5, 5.41) is 2.56. The van der Waals surface area contributed by atoms with Gasteiger partial charge in [-0.05, 0) is 111 Å². The van der Waals surface area contributed by atoms with Gasteiger partial charge in [0.15, 0.2) is 0 Å². The fourth-order valence-corrected chi connectivity index (χ4v) is 7.04. The van der Waals surface area contributed by atoms with E-state index in [1.54, 1.807) is 0 Å². The fourth-order valence-electron chi connectivity index (χ4n) is 7.04. The molecule has 8 aromatic rings. The first-order valence-corrected chi connectivity index (χ1v) is 15.3. The molecule has 0 spiro atoms. The topological polar surface area (TPSA) is 4.93 Å². The highest BCUT2D eigenvalue weighted by molar-refractivity contribution is 6.10. The molecule has 0 N–H and O–H groups in total. The third-order valence-corrected chi connectivity index (χ3v) is 9.21. The zero-order chi connectivity index (χ0) is 29.0. The lowest BCUT2D eigenvalue weighted by molar-refractivity contribution is 1.18. The van der Waals surface area contributed by atoms with E-state index in [1.807, 2.05) is 0 Å². The van der Waals surface area contributed by atoms with Crippen molar-refractivity contribution in [1.29, 1.82) is 0 Å². The summed E-state index contributed by atoms with van der Waals surface area (Å²) in [5.74, 6) is 0. The molecule has 0 unspecified atom stereocenters. The minimum absolute atomic E-state index is 0.985. The zero-order valence-corrected chi connectivity index (χ0v) is 24.2. The van der Waals surface area contributed by atoms with Gasteiger partial charge in [0.05, 0.1) is 11.0 Å². The Morgan fingerprint density at radius 2 is 0.864 bits per heavy atom. The molecule has 0 radical (unpaired) electrons. The highest BCUT2D eigenvalue weighted by Gasteiger charge is 2.20. The Kier molecular flexibility index (Phi) is 5.64. The number of hydrogen-bond acceptors (Lipinski definition) is 0. The van der Waals surface area contributed by atoms with Crippen LogP contribution in [0.1, 0.15) is 11.1 Å². The third kappa shape index (κ3) is 4.01. The Labute approximate surface area is 257 Å². The molecule has 0 atom stereocenters. The first-order chi connectivity index (χ1) is 21.8. The summed E-state index contributed by atoms with van der Waals surface area (Å²) in [4.78, 5) is 0. The number of fused-ring (bicyclic) bond motifs is 6. The van der Waals surface area contributed by atoms with E-state index in [-0.39, 0.29) is 0 Å². The number of para-hydroxylation sites is 2. The van der Waals surface area contributed by atoms with Gasteiger partial charge in [-0.1, -0.05) is 115 Å². The van der Waals surface area contributed by atoms with Crippen LogP contribution in [0.2, 0.25) is 0 Å². The van der Waals surface area contributed by atoms with E-state index in [1.165, 1.54) is 83.1 Å². The molecule has 44 heavy (non-hydrogen) atoms. The molecule has 0 saturated heterocycles. The maximum absolute atomic E-state index is 2.41. The van der Waals surface area contributed by atoms with Crippen LogP contribution < -0.4 is 0 Å². The van der Waals surface area contributed by atoms with E-state index < -0.39 is 0 Å². The molecule has 1 heteroatoms. The summed E-state index contributed by atoms with van der Waals surface area (Å²) in [6.45, 7) is 0. The Hall–Kier alpha value is -5.66. The summed E-state index contributed by atoms with van der Waals surface area (Å²) in [5.41, 5.74) is 16.7. The summed E-state index contributed by atoms with van der Waals surface area (Å²) in [7, 11) is 0. The second-order valence-electron chi connectivity index (χ2n) is 11.8. The Balaban J connectivity index is 1.13. The van der Waals surface area contributed by atoms with Crippen LogP contribution in [0.25, 0.3) is 72.0 Å². The Morgan fingerprint density at radius 3 is 1.59 bits per heavy atom. The van der Waals surface area contributed by atoms with E-state index in [9.17, 15) is 0 Å². The highest BCUT2D eigenvalue weighted by atomic mass is 15.0. The molecular weight excluding hydrogens is 530 g/mol. The van der Waals surface area contributed by atoms with E-state index in [0.29, 0.717) is 0 Å². The lowest BCUT2D eigenvalue weighted by atomic mass is 9.94. The van der Waals surface area contributed by atoms with E-state index in [4.69, 9.17) is 0 Å². The van der Waals surface area contributed by atoms with Crippen LogP contribution in [-0.4, -0.2) is 4.57 Å². The minimum atomic E-state index is 0.985. The number of aromatic nitrogens is 1. The second-order valence-corrected chi connectivity index (χ2v) is 11.8. The Bertz CT molecular complexity index is 2340. The van der Waals surface area contributed by atoms with Crippen LogP contribution in [-0.2, 0) is 6.42 Å². The minimum Gasteiger partial charge on any atom is -0.309 e. The first-order valence-electron chi connectivity index (χ1n) is 15.3. The van der Waals surface area contributed by atoms with E-state index in [2.05, 4.69) is 168 Å². The molecule has 1 nitrogen and oxygen atoms in total. The molecule has 7 aromatic carbocycles. The van der Waals surface area contributed by atoms with Gasteiger partial charge in [0.1, 0.15) is 0 Å². The maximum Gasteiger partial charge on any atom is 0.0541 e. The van der Waals surface area contributed by atoms with Crippen LogP contribution >= 0.6 is 0 Å². The Morgan fingerprint density at radius 1 is 0.341 bits per heavy atom. The third-order valence-electron chi connectivity index (χ3n) is 9.21. The molecule has 0 bridgehead atoms. The summed E-state index contributed by atoms with van der Waals surface area (Å²) < 4.78 is 2.38. The molecule has 9 rings (SSSR count). The monoisotopic (exact) mass is 559 g/mol. The zero-order valence-electron chi connectivity index (χ0n) is 24.2. The SMILES string of the molecule is c1ccc(-c2cccc(-c3ccc4c(c3)-c3cc(-c5ccc6c(c5)c5ccccc5n6-c5ccccc5)ccc3C4)c2)cc1. The molecule has 1 heterocycles. The van der Waals surface area contributed by atoms with Crippen LogP contribution in [0.4, 0.5) is 0 Å². The van der Waals surface area contributed by atoms with Crippen molar-refractivity contribution in [3.8, 4) is 50.2 Å². The van der Waals surface area contributed by atoms with Gasteiger partial charge in [-0.2, -0.15) is 0 Å². The van der Waals surface area contributed by atoms with Crippen LogP contribution in [0.15, 0.2) is 164 Å². The van der Waals surface area contributed by atoms with Gasteiger partial charge in [0.25, 0.3) is 0 Å².